The quantitative estimate of drug-likeness (QED) is 0.372. The molecule has 1 aliphatic heterocycles. The van der Waals surface area contributed by atoms with E-state index in [0.717, 1.165) is 40.6 Å². The maximum atomic E-state index is 14.5. The van der Waals surface area contributed by atoms with E-state index in [1.807, 2.05) is 18.3 Å². The molecular weight excluding hydrogens is 419 g/mol. The molecule has 1 saturated heterocycles. The lowest BCUT2D eigenvalue weighted by atomic mass is 9.98. The van der Waals surface area contributed by atoms with Crippen LogP contribution < -0.4 is 21.3 Å². The topological polar surface area (TPSA) is 108 Å². The smallest absolute Gasteiger partial charge is 0.226 e. The number of aromatic nitrogens is 4. The van der Waals surface area contributed by atoms with Crippen LogP contribution in [-0.4, -0.2) is 45.6 Å². The summed E-state index contributed by atoms with van der Waals surface area (Å²) in [6.07, 6.45) is 4.51. The molecule has 170 valence electrons. The highest BCUT2D eigenvalue weighted by atomic mass is 19.1. The summed E-state index contributed by atoms with van der Waals surface area (Å²) in [7, 11) is 1.79. The molecule has 4 heterocycles. The largest absolute Gasteiger partial charge is 0.386 e. The number of pyridine rings is 1. The molecule has 2 aliphatic rings. The van der Waals surface area contributed by atoms with Crippen LogP contribution in [0.15, 0.2) is 36.7 Å². The number of hydrogen-bond donors (Lipinski definition) is 4. The van der Waals surface area contributed by atoms with Crippen molar-refractivity contribution in [2.45, 2.75) is 32.0 Å². The molecule has 33 heavy (non-hydrogen) atoms. The lowest BCUT2D eigenvalue weighted by Crippen LogP contribution is -2.41. The Morgan fingerprint density at radius 2 is 2.18 bits per heavy atom. The second kappa shape index (κ2) is 7.55. The first-order valence-corrected chi connectivity index (χ1v) is 11.4. The van der Waals surface area contributed by atoms with Gasteiger partial charge in [0.1, 0.15) is 17.3 Å². The minimum Gasteiger partial charge on any atom is -0.386 e. The Morgan fingerprint density at radius 1 is 1.30 bits per heavy atom. The van der Waals surface area contributed by atoms with Crippen LogP contribution >= 0.6 is 0 Å². The minimum absolute atomic E-state index is 0.220. The molecular formula is C24H27FN8. The van der Waals surface area contributed by atoms with Gasteiger partial charge in [0.05, 0.1) is 16.6 Å². The van der Waals surface area contributed by atoms with Crippen molar-refractivity contribution in [3.63, 3.8) is 0 Å². The normalized spacial score (nSPS) is 24.2. The third kappa shape index (κ3) is 3.18. The first kappa shape index (κ1) is 20.2. The molecule has 3 aromatic heterocycles. The van der Waals surface area contributed by atoms with Gasteiger partial charge in [-0.2, -0.15) is 9.97 Å². The number of piperidine rings is 1. The van der Waals surface area contributed by atoms with Gasteiger partial charge >= 0.3 is 0 Å². The highest BCUT2D eigenvalue weighted by molar-refractivity contribution is 6.14. The molecule has 4 atom stereocenters. The third-order valence-electron chi connectivity index (χ3n) is 7.37. The van der Waals surface area contributed by atoms with Crippen LogP contribution in [0.4, 0.5) is 21.8 Å². The Kier molecular flexibility index (Phi) is 4.62. The van der Waals surface area contributed by atoms with Crippen molar-refractivity contribution in [1.82, 2.24) is 19.9 Å². The van der Waals surface area contributed by atoms with Crippen LogP contribution in [0.25, 0.3) is 21.9 Å². The number of halogens is 1. The fourth-order valence-corrected chi connectivity index (χ4v) is 5.67. The van der Waals surface area contributed by atoms with Crippen molar-refractivity contribution in [1.29, 1.82) is 0 Å². The number of anilines is 3. The van der Waals surface area contributed by atoms with E-state index in [1.54, 1.807) is 19.3 Å². The van der Waals surface area contributed by atoms with Crippen LogP contribution in [0.2, 0.25) is 0 Å². The van der Waals surface area contributed by atoms with E-state index in [9.17, 15) is 4.39 Å². The fourth-order valence-electron chi connectivity index (χ4n) is 5.67. The summed E-state index contributed by atoms with van der Waals surface area (Å²) in [6, 6.07) is 7.50. The lowest BCUT2D eigenvalue weighted by molar-refractivity contribution is 0.436. The van der Waals surface area contributed by atoms with Gasteiger partial charge in [-0.05, 0) is 42.0 Å². The second-order valence-corrected chi connectivity index (χ2v) is 9.20. The van der Waals surface area contributed by atoms with Gasteiger partial charge in [0, 0.05) is 50.0 Å². The predicted octanol–water partition coefficient (Wildman–Crippen LogP) is 3.47. The molecule has 9 heteroatoms. The van der Waals surface area contributed by atoms with Crippen molar-refractivity contribution < 1.29 is 4.39 Å². The Hall–Kier alpha value is -3.46. The molecule has 0 spiro atoms. The lowest BCUT2D eigenvalue weighted by Gasteiger charge is -2.31. The molecule has 5 N–H and O–H groups in total. The number of rotatable bonds is 5. The van der Waals surface area contributed by atoms with Gasteiger partial charge in [-0.1, -0.05) is 13.0 Å². The zero-order valence-electron chi connectivity index (χ0n) is 18.6. The minimum atomic E-state index is -0.296. The van der Waals surface area contributed by atoms with Crippen molar-refractivity contribution in [2.24, 2.45) is 17.6 Å². The molecule has 8 nitrogen and oxygen atoms in total. The number of nitrogens with one attached hydrogen (secondary N) is 3. The molecule has 0 unspecified atom stereocenters. The molecule has 1 aromatic carbocycles. The molecule has 4 aromatic rings. The third-order valence-corrected chi connectivity index (χ3v) is 7.37. The van der Waals surface area contributed by atoms with Crippen LogP contribution in [0.3, 0.4) is 0 Å². The Labute approximate surface area is 190 Å². The van der Waals surface area contributed by atoms with Gasteiger partial charge in [0.25, 0.3) is 0 Å². The average Bonchev–Trinajstić information content (AvgIpc) is 3.44. The number of hydrogen-bond acceptors (Lipinski definition) is 7. The Balaban J connectivity index is 1.50. The van der Waals surface area contributed by atoms with Crippen LogP contribution in [-0.2, 0) is 6.54 Å². The zero-order chi connectivity index (χ0) is 22.7. The molecule has 2 fully saturated rings. The first-order valence-electron chi connectivity index (χ1n) is 11.4. The Morgan fingerprint density at radius 3 is 2.88 bits per heavy atom. The van der Waals surface area contributed by atoms with Gasteiger partial charge in [-0.25, -0.2) is 4.39 Å². The first-order chi connectivity index (χ1) is 16.0. The standard InChI is InChI=1S/C24H27FN8/c1-12-16-11-33(19(12)8-17(16)26)23-20-15-6-14(25)7-18(27-2)21(15)30-22(20)31-24(32-23)29-10-13-4-3-5-28-9-13/h3-7,9,12,16-17,19,27H,8,10-11,26H2,1-2H3,(H2,29,30,31,32)/t12-,16+,17-,19+/m1/s1. The van der Waals surface area contributed by atoms with Crippen LogP contribution in [0.1, 0.15) is 18.9 Å². The fraction of sp³-hybridized carbons (Fsp3) is 0.375. The van der Waals surface area contributed by atoms with Crippen molar-refractivity contribution in [3.05, 3.63) is 48.0 Å². The molecule has 2 bridgehead atoms. The van der Waals surface area contributed by atoms with E-state index in [1.165, 1.54) is 6.07 Å². The van der Waals surface area contributed by atoms with E-state index in [-0.39, 0.29) is 11.9 Å². The van der Waals surface area contributed by atoms with Crippen LogP contribution in [0.5, 0.6) is 0 Å². The van der Waals surface area contributed by atoms with Gasteiger partial charge < -0.3 is 26.3 Å². The number of nitrogens with zero attached hydrogens (tertiary/aromatic N) is 4. The summed E-state index contributed by atoms with van der Waals surface area (Å²) < 4.78 is 14.5. The monoisotopic (exact) mass is 446 g/mol. The predicted molar refractivity (Wildman–Crippen MR) is 129 cm³/mol. The van der Waals surface area contributed by atoms with Crippen molar-refractivity contribution in [2.75, 3.05) is 29.1 Å². The maximum absolute atomic E-state index is 14.5. The summed E-state index contributed by atoms with van der Waals surface area (Å²) in [6.45, 7) is 3.68. The number of nitrogens with two attached hydrogens (primary N) is 1. The summed E-state index contributed by atoms with van der Waals surface area (Å²) in [5.74, 6) is 1.99. The van der Waals surface area contributed by atoms with Gasteiger partial charge in [0.2, 0.25) is 5.95 Å². The SMILES string of the molecule is CNc1cc(F)cc2c1[nH]c1nc(NCc3cccnc3)nc(N3C[C@H]4[C@@H](C)[C@@H]3C[C@H]4N)c12. The molecule has 1 saturated carbocycles. The molecule has 6 rings (SSSR count). The van der Waals surface area contributed by atoms with Gasteiger partial charge in [-0.3, -0.25) is 4.98 Å². The molecule has 1 aliphatic carbocycles. The molecule has 0 radical (unpaired) electrons. The molecule has 0 amide bonds. The number of H-pyrrole nitrogens is 1. The maximum Gasteiger partial charge on any atom is 0.226 e. The van der Waals surface area contributed by atoms with E-state index in [4.69, 9.17) is 15.7 Å². The number of benzene rings is 1. The number of fused-ring (bicyclic) bond motifs is 5. The van der Waals surface area contributed by atoms with Gasteiger partial charge in [0.15, 0.2) is 0 Å². The van der Waals surface area contributed by atoms with E-state index >= 15 is 0 Å². The summed E-state index contributed by atoms with van der Waals surface area (Å²) in [4.78, 5) is 19.7. The van der Waals surface area contributed by atoms with E-state index in [0.29, 0.717) is 41.7 Å². The van der Waals surface area contributed by atoms with E-state index < -0.39 is 0 Å². The summed E-state index contributed by atoms with van der Waals surface area (Å²) in [5.41, 5.74) is 9.63. The zero-order valence-corrected chi connectivity index (χ0v) is 18.6. The van der Waals surface area contributed by atoms with E-state index in [2.05, 4.69) is 32.4 Å². The van der Waals surface area contributed by atoms with Crippen molar-refractivity contribution >= 4 is 39.4 Å². The highest BCUT2D eigenvalue weighted by Gasteiger charge is 2.49. The Bertz CT molecular complexity index is 1340. The summed E-state index contributed by atoms with van der Waals surface area (Å²) >= 11 is 0. The van der Waals surface area contributed by atoms with Crippen LogP contribution in [0, 0.1) is 17.7 Å². The highest BCUT2D eigenvalue weighted by Crippen LogP contribution is 2.46. The average molecular weight is 447 g/mol. The van der Waals surface area contributed by atoms with Crippen molar-refractivity contribution in [3.8, 4) is 0 Å². The second-order valence-electron chi connectivity index (χ2n) is 9.20. The number of aromatic amines is 1. The summed E-state index contributed by atoms with van der Waals surface area (Å²) in [5, 5.41) is 8.06. The van der Waals surface area contributed by atoms with Gasteiger partial charge in [-0.15, -0.1) is 0 Å².